The van der Waals surface area contributed by atoms with Crippen molar-refractivity contribution in [3.05, 3.63) is 41.6 Å². The molecule has 1 aromatic rings. The third-order valence-corrected chi connectivity index (χ3v) is 3.80. The van der Waals surface area contributed by atoms with Gasteiger partial charge in [-0.3, -0.25) is 0 Å². The summed E-state index contributed by atoms with van der Waals surface area (Å²) in [5, 5.41) is 3.93. The summed E-state index contributed by atoms with van der Waals surface area (Å²) in [7, 11) is 2.04. The monoisotopic (exact) mass is 315 g/mol. The van der Waals surface area contributed by atoms with Crippen molar-refractivity contribution < 1.29 is 9.53 Å². The van der Waals surface area contributed by atoms with Gasteiger partial charge in [-0.05, 0) is 38.5 Å². The number of hydrazone groups is 1. The maximum Gasteiger partial charge on any atom is 0.428 e. The van der Waals surface area contributed by atoms with Crippen LogP contribution in [0.15, 0.2) is 41.1 Å². The van der Waals surface area contributed by atoms with Crippen LogP contribution in [0.5, 0.6) is 0 Å². The number of benzene rings is 1. The Labute approximate surface area is 138 Å². The zero-order valence-corrected chi connectivity index (χ0v) is 14.7. The zero-order chi connectivity index (χ0) is 17.3. The minimum atomic E-state index is -0.561. The fourth-order valence-electron chi connectivity index (χ4n) is 2.80. The van der Waals surface area contributed by atoms with Crippen LogP contribution in [0.1, 0.15) is 40.2 Å². The van der Waals surface area contributed by atoms with Crippen LogP contribution in [-0.4, -0.2) is 25.0 Å². The van der Waals surface area contributed by atoms with E-state index < -0.39 is 11.7 Å². The Morgan fingerprint density at radius 1 is 1.30 bits per heavy atom. The summed E-state index contributed by atoms with van der Waals surface area (Å²) in [4.78, 5) is 13.7. The van der Waals surface area contributed by atoms with Crippen LogP contribution in [-0.2, 0) is 10.2 Å². The van der Waals surface area contributed by atoms with E-state index in [9.17, 15) is 4.79 Å². The summed E-state index contributed by atoms with van der Waals surface area (Å²) in [5.41, 5.74) is 5.32. The summed E-state index contributed by atoms with van der Waals surface area (Å²) in [6.45, 7) is 9.79. The second-order valence-corrected chi connectivity index (χ2v) is 7.14. The fraction of sp³-hybridized carbons (Fsp3) is 0.444. The number of rotatable bonds is 2. The molecule has 1 aromatic carbocycles. The molecule has 0 aromatic heterocycles. The lowest BCUT2D eigenvalue weighted by Gasteiger charge is -2.23. The highest BCUT2D eigenvalue weighted by atomic mass is 16.6. The standard InChI is InChI=1S/C18H25N3O2/c1-17(2,3)23-16(22)20-19-12-11-15-18(4,5)13-9-7-8-10-14(13)21(15)6/h7-12H,1-6H3,(H,20,22)/b15-11-,19-12+. The molecule has 0 aliphatic carbocycles. The molecule has 1 N–H and O–H groups in total. The predicted molar refractivity (Wildman–Crippen MR) is 93.8 cm³/mol. The summed E-state index contributed by atoms with van der Waals surface area (Å²) in [6, 6.07) is 8.33. The molecule has 2 rings (SSSR count). The molecule has 1 aliphatic rings. The number of allylic oxidation sites excluding steroid dienone is 2. The van der Waals surface area contributed by atoms with E-state index in [0.29, 0.717) is 0 Å². The number of fused-ring (bicyclic) bond motifs is 1. The Kier molecular flexibility index (Phi) is 4.50. The molecule has 124 valence electrons. The van der Waals surface area contributed by atoms with Crippen LogP contribution in [0.25, 0.3) is 0 Å². The average Bonchev–Trinajstić information content (AvgIpc) is 2.62. The van der Waals surface area contributed by atoms with E-state index in [0.717, 1.165) is 5.70 Å². The van der Waals surface area contributed by atoms with Crippen LogP contribution >= 0.6 is 0 Å². The van der Waals surface area contributed by atoms with Crippen molar-refractivity contribution in [3.63, 3.8) is 0 Å². The van der Waals surface area contributed by atoms with Crippen LogP contribution in [0.2, 0.25) is 0 Å². The molecule has 0 fully saturated rings. The van der Waals surface area contributed by atoms with Crippen molar-refractivity contribution in [2.45, 2.75) is 45.6 Å². The molecule has 0 spiro atoms. The molecule has 5 nitrogen and oxygen atoms in total. The number of nitrogens with zero attached hydrogens (tertiary/aromatic N) is 2. The largest absolute Gasteiger partial charge is 0.443 e. The van der Waals surface area contributed by atoms with Crippen molar-refractivity contribution in [1.29, 1.82) is 0 Å². The first kappa shape index (κ1) is 17.1. The number of nitrogens with one attached hydrogen (secondary N) is 1. The molecule has 23 heavy (non-hydrogen) atoms. The summed E-state index contributed by atoms with van der Waals surface area (Å²) < 4.78 is 5.13. The topological polar surface area (TPSA) is 53.9 Å². The van der Waals surface area contributed by atoms with Gasteiger partial charge in [-0.1, -0.05) is 32.0 Å². The molecule has 0 radical (unpaired) electrons. The molecule has 1 aliphatic heterocycles. The maximum atomic E-state index is 11.5. The molecule has 1 amide bonds. The molecular formula is C18H25N3O2. The van der Waals surface area contributed by atoms with Gasteiger partial charge < -0.3 is 9.64 Å². The highest BCUT2D eigenvalue weighted by Crippen LogP contribution is 2.46. The number of para-hydroxylation sites is 1. The van der Waals surface area contributed by atoms with Crippen LogP contribution < -0.4 is 10.3 Å². The number of carbonyl (C=O) groups is 1. The van der Waals surface area contributed by atoms with E-state index in [2.05, 4.69) is 47.5 Å². The van der Waals surface area contributed by atoms with Gasteiger partial charge in [0.15, 0.2) is 0 Å². The molecule has 5 heteroatoms. The van der Waals surface area contributed by atoms with Gasteiger partial charge in [-0.2, -0.15) is 5.10 Å². The molecule has 0 atom stereocenters. The van der Waals surface area contributed by atoms with Gasteiger partial charge in [-0.15, -0.1) is 0 Å². The highest BCUT2D eigenvalue weighted by Gasteiger charge is 2.37. The van der Waals surface area contributed by atoms with E-state index in [-0.39, 0.29) is 5.41 Å². The smallest absolute Gasteiger partial charge is 0.428 e. The molecule has 0 saturated heterocycles. The van der Waals surface area contributed by atoms with Crippen molar-refractivity contribution in [1.82, 2.24) is 5.43 Å². The average molecular weight is 315 g/mol. The number of amides is 1. The van der Waals surface area contributed by atoms with Crippen molar-refractivity contribution in [2.24, 2.45) is 5.10 Å². The Morgan fingerprint density at radius 3 is 2.57 bits per heavy atom. The van der Waals surface area contributed by atoms with E-state index in [4.69, 9.17) is 4.74 Å². The van der Waals surface area contributed by atoms with Gasteiger partial charge in [0.1, 0.15) is 5.60 Å². The van der Waals surface area contributed by atoms with Gasteiger partial charge in [0.05, 0.1) is 0 Å². The number of hydrogen-bond donors (Lipinski definition) is 1. The third-order valence-electron chi connectivity index (χ3n) is 3.80. The Bertz CT molecular complexity index is 654. The lowest BCUT2D eigenvalue weighted by Crippen LogP contribution is -2.29. The van der Waals surface area contributed by atoms with Crippen LogP contribution in [0.4, 0.5) is 10.5 Å². The van der Waals surface area contributed by atoms with Crippen molar-refractivity contribution >= 4 is 18.0 Å². The normalized spacial score (nSPS) is 18.3. The lowest BCUT2D eigenvalue weighted by molar-refractivity contribution is 0.0529. The second kappa shape index (κ2) is 6.07. The predicted octanol–water partition coefficient (Wildman–Crippen LogP) is 3.81. The van der Waals surface area contributed by atoms with Crippen molar-refractivity contribution in [2.75, 3.05) is 11.9 Å². The number of anilines is 1. The van der Waals surface area contributed by atoms with Gasteiger partial charge in [-0.25, -0.2) is 10.2 Å². The quantitative estimate of drug-likeness (QED) is 0.667. The van der Waals surface area contributed by atoms with E-state index in [1.165, 1.54) is 11.3 Å². The van der Waals surface area contributed by atoms with Gasteiger partial charge in [0.25, 0.3) is 0 Å². The Morgan fingerprint density at radius 2 is 1.96 bits per heavy atom. The Balaban J connectivity index is 2.09. The van der Waals surface area contributed by atoms with Gasteiger partial charge in [0, 0.05) is 30.1 Å². The number of hydrogen-bond acceptors (Lipinski definition) is 4. The first-order valence-corrected chi connectivity index (χ1v) is 7.69. The van der Waals surface area contributed by atoms with E-state index in [1.807, 2.05) is 40.0 Å². The highest BCUT2D eigenvalue weighted by molar-refractivity contribution is 5.80. The third kappa shape index (κ3) is 3.73. The number of likely N-dealkylation sites (N-methyl/N-ethyl adjacent to an activating group) is 1. The molecule has 0 unspecified atom stereocenters. The second-order valence-electron chi connectivity index (χ2n) is 7.14. The molecule has 1 heterocycles. The van der Waals surface area contributed by atoms with Gasteiger partial charge in [0.2, 0.25) is 0 Å². The molecular weight excluding hydrogens is 290 g/mol. The molecule has 0 saturated carbocycles. The van der Waals surface area contributed by atoms with Gasteiger partial charge >= 0.3 is 6.09 Å². The van der Waals surface area contributed by atoms with Crippen LogP contribution in [0, 0.1) is 0 Å². The minimum absolute atomic E-state index is 0.108. The first-order chi connectivity index (χ1) is 10.6. The zero-order valence-electron chi connectivity index (χ0n) is 14.7. The lowest BCUT2D eigenvalue weighted by atomic mass is 9.84. The van der Waals surface area contributed by atoms with Crippen LogP contribution in [0.3, 0.4) is 0 Å². The minimum Gasteiger partial charge on any atom is -0.443 e. The van der Waals surface area contributed by atoms with E-state index >= 15 is 0 Å². The SMILES string of the molecule is CN1/C(=C\C=N\NC(=O)OC(C)(C)C)C(C)(C)c2ccccc21. The fourth-order valence-corrected chi connectivity index (χ4v) is 2.80. The summed E-state index contributed by atoms with van der Waals surface area (Å²) in [6.07, 6.45) is 2.94. The molecule has 0 bridgehead atoms. The van der Waals surface area contributed by atoms with Crippen molar-refractivity contribution in [3.8, 4) is 0 Å². The number of carbonyl (C=O) groups excluding carboxylic acids is 1. The first-order valence-electron chi connectivity index (χ1n) is 7.69. The summed E-state index contributed by atoms with van der Waals surface area (Å²) in [5.74, 6) is 0. The summed E-state index contributed by atoms with van der Waals surface area (Å²) >= 11 is 0. The van der Waals surface area contributed by atoms with E-state index in [1.54, 1.807) is 6.21 Å². The Hall–Kier alpha value is -2.30. The number of ether oxygens (including phenoxy) is 1. The maximum absolute atomic E-state index is 11.5.